The minimum absolute atomic E-state index is 0.0458. The summed E-state index contributed by atoms with van der Waals surface area (Å²) in [6.07, 6.45) is 0. The Bertz CT molecular complexity index is 1330. The molecule has 3 aromatic carbocycles. The molecule has 0 atom stereocenters. The molecule has 0 aliphatic rings. The van der Waals surface area contributed by atoms with Gasteiger partial charge in [-0.05, 0) is 54.2 Å². The van der Waals surface area contributed by atoms with Gasteiger partial charge in [0, 0.05) is 15.8 Å². The first-order chi connectivity index (χ1) is 17.0. The molecule has 0 aliphatic heterocycles. The van der Waals surface area contributed by atoms with Crippen molar-refractivity contribution in [3.8, 4) is 11.5 Å². The van der Waals surface area contributed by atoms with Crippen LogP contribution in [0.1, 0.15) is 16.1 Å². The van der Waals surface area contributed by atoms with E-state index in [-0.39, 0.29) is 31.3 Å². The van der Waals surface area contributed by atoms with Crippen LogP contribution < -0.4 is 20.3 Å². The van der Waals surface area contributed by atoms with E-state index in [2.05, 4.69) is 5.32 Å². The Hall–Kier alpha value is -4.02. The molecule has 0 saturated carbocycles. The summed E-state index contributed by atoms with van der Waals surface area (Å²) in [7, 11) is 0. The number of nitrogens with one attached hydrogen (secondary N) is 2. The first-order valence-electron chi connectivity index (χ1n) is 10.6. The fourth-order valence-corrected chi connectivity index (χ4v) is 3.82. The second-order valence-corrected chi connectivity index (χ2v) is 8.25. The molecule has 2 amide bonds. The maximum atomic E-state index is 14.0. The highest BCUT2D eigenvalue weighted by Gasteiger charge is 2.21. The fourth-order valence-electron chi connectivity index (χ4n) is 3.28. The second-order valence-electron chi connectivity index (χ2n) is 7.20. The van der Waals surface area contributed by atoms with Crippen molar-refractivity contribution in [2.24, 2.45) is 0 Å². The first-order valence-corrected chi connectivity index (χ1v) is 11.4. The lowest BCUT2D eigenvalue weighted by Gasteiger charge is -2.09. The molecule has 4 aromatic rings. The molecule has 1 aromatic heterocycles. The van der Waals surface area contributed by atoms with Crippen LogP contribution in [-0.4, -0.2) is 29.5 Å². The molecule has 4 rings (SSSR count). The number of benzene rings is 3. The number of thioether (sulfide) groups is 1. The molecular formula is C25H21FN2O6S. The zero-order valence-corrected chi connectivity index (χ0v) is 19.1. The van der Waals surface area contributed by atoms with Crippen LogP contribution in [-0.2, 0) is 6.61 Å². The van der Waals surface area contributed by atoms with Gasteiger partial charge in [0.1, 0.15) is 24.5 Å². The molecule has 0 saturated heterocycles. The molecule has 3 N–H and O–H groups in total. The number of hydrogen-bond acceptors (Lipinski definition) is 7. The van der Waals surface area contributed by atoms with Crippen molar-refractivity contribution in [1.82, 2.24) is 10.8 Å². The first kappa shape index (κ1) is 24.1. The van der Waals surface area contributed by atoms with Crippen LogP contribution in [0, 0.1) is 5.82 Å². The van der Waals surface area contributed by atoms with Gasteiger partial charge in [-0.25, -0.2) is 9.87 Å². The Morgan fingerprint density at radius 3 is 2.49 bits per heavy atom. The molecule has 0 unspecified atom stereocenters. The van der Waals surface area contributed by atoms with E-state index in [9.17, 15) is 14.0 Å². The van der Waals surface area contributed by atoms with E-state index in [1.54, 1.807) is 54.0 Å². The lowest BCUT2D eigenvalue weighted by atomic mass is 10.1. The number of carbonyl (C=O) groups excluding carboxylic acids is 2. The fraction of sp³-hybridized carbons (Fsp3) is 0.120. The van der Waals surface area contributed by atoms with Crippen LogP contribution in [0.15, 0.2) is 82.1 Å². The second kappa shape index (κ2) is 11.4. The van der Waals surface area contributed by atoms with E-state index < -0.39 is 17.0 Å². The highest BCUT2D eigenvalue weighted by atomic mass is 32.2. The van der Waals surface area contributed by atoms with Crippen molar-refractivity contribution >= 4 is 33.9 Å². The number of carbonyl (C=O) groups is 2. The van der Waals surface area contributed by atoms with Crippen molar-refractivity contribution < 1.29 is 33.1 Å². The Kier molecular flexibility index (Phi) is 7.86. The lowest BCUT2D eigenvalue weighted by Crippen LogP contribution is -2.28. The third kappa shape index (κ3) is 6.11. The number of para-hydroxylation sites is 2. The topological polar surface area (TPSA) is 110 Å². The van der Waals surface area contributed by atoms with Gasteiger partial charge in [-0.15, -0.1) is 0 Å². The quantitative estimate of drug-likeness (QED) is 0.127. The van der Waals surface area contributed by atoms with Crippen LogP contribution in [0.5, 0.6) is 11.5 Å². The van der Waals surface area contributed by atoms with Gasteiger partial charge in [0.2, 0.25) is 0 Å². The lowest BCUT2D eigenvalue weighted by molar-refractivity contribution is 0.0918. The highest BCUT2D eigenvalue weighted by Crippen LogP contribution is 2.28. The summed E-state index contributed by atoms with van der Waals surface area (Å²) in [6, 6.07) is 19.9. The Balaban J connectivity index is 1.36. The largest absolute Gasteiger partial charge is 0.492 e. The number of furan rings is 1. The summed E-state index contributed by atoms with van der Waals surface area (Å²) in [5, 5.41) is 11.4. The average Bonchev–Trinajstić information content (AvgIpc) is 3.25. The maximum absolute atomic E-state index is 14.0. The van der Waals surface area contributed by atoms with Crippen LogP contribution in [0.2, 0.25) is 0 Å². The van der Waals surface area contributed by atoms with Gasteiger partial charge in [0.25, 0.3) is 5.91 Å². The van der Waals surface area contributed by atoms with E-state index in [1.807, 2.05) is 12.1 Å². The summed E-state index contributed by atoms with van der Waals surface area (Å²) in [6.45, 7) is 0.347. The van der Waals surface area contributed by atoms with Gasteiger partial charge >= 0.3 is 5.24 Å². The van der Waals surface area contributed by atoms with Gasteiger partial charge < -0.3 is 19.2 Å². The molecule has 8 nitrogen and oxygen atoms in total. The molecular weight excluding hydrogens is 475 g/mol. The number of amides is 2. The van der Waals surface area contributed by atoms with Crippen molar-refractivity contribution in [2.45, 2.75) is 11.5 Å². The summed E-state index contributed by atoms with van der Waals surface area (Å²) in [5.74, 6) is -0.216. The highest BCUT2D eigenvalue weighted by molar-refractivity contribution is 8.13. The molecule has 0 bridgehead atoms. The predicted octanol–water partition coefficient (Wildman–Crippen LogP) is 5.15. The van der Waals surface area contributed by atoms with E-state index >= 15 is 0 Å². The van der Waals surface area contributed by atoms with Crippen LogP contribution in [0.25, 0.3) is 11.0 Å². The Morgan fingerprint density at radius 2 is 1.71 bits per heavy atom. The number of hydroxylamine groups is 1. The molecule has 0 radical (unpaired) electrons. The Morgan fingerprint density at radius 1 is 0.971 bits per heavy atom. The molecule has 0 spiro atoms. The van der Waals surface area contributed by atoms with Crippen LogP contribution >= 0.6 is 11.8 Å². The van der Waals surface area contributed by atoms with Gasteiger partial charge in [-0.3, -0.25) is 14.8 Å². The zero-order valence-electron chi connectivity index (χ0n) is 18.3. The summed E-state index contributed by atoms with van der Waals surface area (Å²) < 4.78 is 31.0. The molecule has 1 heterocycles. The predicted molar refractivity (Wildman–Crippen MR) is 127 cm³/mol. The SMILES string of the molecule is O=C(NO)Sc1ccc(OCCNC(=O)c2oc3ccccc3c2COc2ccccc2F)cc1. The minimum Gasteiger partial charge on any atom is -0.492 e. The van der Waals surface area contributed by atoms with E-state index in [0.29, 0.717) is 27.2 Å². The molecule has 35 heavy (non-hydrogen) atoms. The van der Waals surface area contributed by atoms with Crippen LogP contribution in [0.4, 0.5) is 9.18 Å². The molecule has 10 heteroatoms. The number of halogens is 1. The smallest absolute Gasteiger partial charge is 0.307 e. The molecule has 0 aliphatic carbocycles. The van der Waals surface area contributed by atoms with Crippen molar-refractivity contribution in [3.63, 3.8) is 0 Å². The molecule has 0 fully saturated rings. The van der Waals surface area contributed by atoms with E-state index in [0.717, 1.165) is 11.8 Å². The third-order valence-electron chi connectivity index (χ3n) is 4.90. The Labute approximate surface area is 204 Å². The standard InChI is InChI=1S/C25H21FN2O6S/c26-20-6-2-4-8-22(20)33-15-19-18-5-1-3-7-21(18)34-23(19)24(29)27-13-14-32-16-9-11-17(12-10-16)35-25(30)28-31/h1-12,31H,13-15H2,(H,27,29)(H,28,30). The summed E-state index contributed by atoms with van der Waals surface area (Å²) in [5.41, 5.74) is 2.58. The summed E-state index contributed by atoms with van der Waals surface area (Å²) >= 11 is 0.834. The van der Waals surface area contributed by atoms with Gasteiger partial charge in [0.15, 0.2) is 17.3 Å². The average molecular weight is 497 g/mol. The van der Waals surface area contributed by atoms with Gasteiger partial charge in [0.05, 0.1) is 6.54 Å². The van der Waals surface area contributed by atoms with Gasteiger partial charge in [-0.1, -0.05) is 30.3 Å². The third-order valence-corrected chi connectivity index (χ3v) is 5.68. The molecule has 180 valence electrons. The summed E-state index contributed by atoms with van der Waals surface area (Å²) in [4.78, 5) is 24.6. The van der Waals surface area contributed by atoms with Crippen molar-refractivity contribution in [1.29, 1.82) is 0 Å². The normalized spacial score (nSPS) is 10.7. The number of ether oxygens (including phenoxy) is 2. The van der Waals surface area contributed by atoms with E-state index in [1.165, 1.54) is 12.1 Å². The zero-order chi connectivity index (χ0) is 24.6. The van der Waals surface area contributed by atoms with Crippen LogP contribution in [0.3, 0.4) is 0 Å². The van der Waals surface area contributed by atoms with Crippen molar-refractivity contribution in [3.05, 3.63) is 89.9 Å². The number of hydrogen-bond donors (Lipinski definition) is 3. The minimum atomic E-state index is -0.592. The number of rotatable bonds is 9. The monoisotopic (exact) mass is 496 g/mol. The number of fused-ring (bicyclic) bond motifs is 1. The maximum Gasteiger partial charge on any atom is 0.307 e. The van der Waals surface area contributed by atoms with E-state index in [4.69, 9.17) is 19.1 Å². The van der Waals surface area contributed by atoms with Gasteiger partial charge in [-0.2, -0.15) is 0 Å². The van der Waals surface area contributed by atoms with Crippen molar-refractivity contribution in [2.75, 3.05) is 13.2 Å².